The molecule has 2 aromatic rings. The first-order valence-corrected chi connectivity index (χ1v) is 5.42. The Morgan fingerprint density at radius 2 is 2.21 bits per heavy atom. The Labute approximate surface area is 92.3 Å². The number of alkyl halides is 3. The van der Waals surface area contributed by atoms with Crippen molar-refractivity contribution in [1.29, 1.82) is 0 Å². The van der Waals surface area contributed by atoms with E-state index in [9.17, 15) is 8.78 Å². The van der Waals surface area contributed by atoms with Crippen molar-refractivity contribution in [2.75, 3.05) is 0 Å². The second kappa shape index (κ2) is 3.76. The standard InChI is InChI=1S/C8H6F2IN3/c9-7(10)8-12-6-2-1-5(3-11)4-14(6)13-8/h1-2,4,7H,3H2. The average molecular weight is 309 g/mol. The highest BCUT2D eigenvalue weighted by Gasteiger charge is 2.13. The molecule has 0 aromatic carbocycles. The predicted molar refractivity (Wildman–Crippen MR) is 55.7 cm³/mol. The third-order valence-corrected chi connectivity index (χ3v) is 2.64. The number of nitrogens with zero attached hydrogens (tertiary/aromatic N) is 3. The van der Waals surface area contributed by atoms with E-state index >= 15 is 0 Å². The van der Waals surface area contributed by atoms with Crippen LogP contribution in [0, 0.1) is 0 Å². The molecule has 0 atom stereocenters. The molecule has 0 radical (unpaired) electrons. The van der Waals surface area contributed by atoms with Crippen LogP contribution >= 0.6 is 22.6 Å². The normalized spacial score (nSPS) is 11.4. The summed E-state index contributed by atoms with van der Waals surface area (Å²) >= 11 is 2.20. The summed E-state index contributed by atoms with van der Waals surface area (Å²) in [4.78, 5) is 3.69. The van der Waals surface area contributed by atoms with Gasteiger partial charge >= 0.3 is 0 Å². The zero-order valence-electron chi connectivity index (χ0n) is 6.99. The topological polar surface area (TPSA) is 30.2 Å². The molecule has 2 rings (SSSR count). The van der Waals surface area contributed by atoms with Crippen molar-refractivity contribution in [3.05, 3.63) is 29.7 Å². The van der Waals surface area contributed by atoms with Gasteiger partial charge in [0.2, 0.25) is 5.82 Å². The largest absolute Gasteiger partial charge is 0.299 e. The van der Waals surface area contributed by atoms with Gasteiger partial charge in [-0.25, -0.2) is 18.3 Å². The molecule has 6 heteroatoms. The molecule has 74 valence electrons. The van der Waals surface area contributed by atoms with E-state index in [-0.39, 0.29) is 0 Å². The molecule has 14 heavy (non-hydrogen) atoms. The van der Waals surface area contributed by atoms with E-state index in [1.54, 1.807) is 12.3 Å². The molecule has 0 saturated heterocycles. The quantitative estimate of drug-likeness (QED) is 0.630. The molecular formula is C8H6F2IN3. The van der Waals surface area contributed by atoms with Gasteiger partial charge < -0.3 is 0 Å². The van der Waals surface area contributed by atoms with E-state index in [1.807, 2.05) is 6.07 Å². The third kappa shape index (κ3) is 1.70. The van der Waals surface area contributed by atoms with Crippen LogP contribution in [0.5, 0.6) is 0 Å². The molecule has 0 aliphatic heterocycles. The first kappa shape index (κ1) is 9.75. The number of fused-ring (bicyclic) bond motifs is 1. The zero-order valence-corrected chi connectivity index (χ0v) is 9.15. The Morgan fingerprint density at radius 3 is 2.86 bits per heavy atom. The highest BCUT2D eigenvalue weighted by atomic mass is 127. The van der Waals surface area contributed by atoms with Crippen LogP contribution < -0.4 is 0 Å². The second-order valence-corrected chi connectivity index (χ2v) is 3.51. The summed E-state index contributed by atoms with van der Waals surface area (Å²) < 4.78 is 26.7. The van der Waals surface area contributed by atoms with E-state index in [1.165, 1.54) is 4.52 Å². The third-order valence-electron chi connectivity index (χ3n) is 1.76. The van der Waals surface area contributed by atoms with E-state index in [0.717, 1.165) is 9.99 Å². The molecule has 0 aliphatic rings. The SMILES string of the molecule is FC(F)c1nc2ccc(CI)cn2n1. The Morgan fingerprint density at radius 1 is 1.43 bits per heavy atom. The molecule has 0 fully saturated rings. The fourth-order valence-corrected chi connectivity index (χ4v) is 1.57. The van der Waals surface area contributed by atoms with Gasteiger partial charge in [-0.2, -0.15) is 0 Å². The van der Waals surface area contributed by atoms with Crippen LogP contribution in [0.15, 0.2) is 18.3 Å². The maximum Gasteiger partial charge on any atom is 0.299 e. The van der Waals surface area contributed by atoms with Crippen molar-refractivity contribution < 1.29 is 8.78 Å². The first-order valence-electron chi connectivity index (χ1n) is 3.90. The monoisotopic (exact) mass is 309 g/mol. The highest BCUT2D eigenvalue weighted by Crippen LogP contribution is 2.16. The molecule has 0 spiro atoms. The van der Waals surface area contributed by atoms with Crippen LogP contribution in [0.1, 0.15) is 17.8 Å². The molecule has 0 bridgehead atoms. The van der Waals surface area contributed by atoms with Crippen molar-refractivity contribution in [2.24, 2.45) is 0 Å². The average Bonchev–Trinajstić information content (AvgIpc) is 2.59. The molecule has 0 N–H and O–H groups in total. The number of pyridine rings is 1. The molecule has 0 unspecified atom stereocenters. The van der Waals surface area contributed by atoms with Crippen molar-refractivity contribution >= 4 is 28.2 Å². The van der Waals surface area contributed by atoms with Gasteiger partial charge in [-0.1, -0.05) is 28.7 Å². The van der Waals surface area contributed by atoms with Crippen molar-refractivity contribution in [1.82, 2.24) is 14.6 Å². The minimum Gasteiger partial charge on any atom is -0.220 e. The number of aromatic nitrogens is 3. The lowest BCUT2D eigenvalue weighted by atomic mass is 10.3. The fraction of sp³-hybridized carbons (Fsp3) is 0.250. The van der Waals surface area contributed by atoms with Gasteiger partial charge in [-0.05, 0) is 11.6 Å². The lowest BCUT2D eigenvalue weighted by Crippen LogP contribution is -1.91. The molecule has 0 aliphatic carbocycles. The molecule has 2 aromatic heterocycles. The number of rotatable bonds is 2. The van der Waals surface area contributed by atoms with Gasteiger partial charge in [0.1, 0.15) is 0 Å². The minimum absolute atomic E-state index is 0.421. The van der Waals surface area contributed by atoms with E-state index in [4.69, 9.17) is 0 Å². The van der Waals surface area contributed by atoms with Crippen LogP contribution in [0.3, 0.4) is 0 Å². The lowest BCUT2D eigenvalue weighted by molar-refractivity contribution is 0.140. The highest BCUT2D eigenvalue weighted by molar-refractivity contribution is 14.1. The van der Waals surface area contributed by atoms with Crippen molar-refractivity contribution in [3.8, 4) is 0 Å². The van der Waals surface area contributed by atoms with E-state index in [2.05, 4.69) is 32.7 Å². The van der Waals surface area contributed by atoms with Crippen molar-refractivity contribution in [3.63, 3.8) is 0 Å². The second-order valence-electron chi connectivity index (χ2n) is 2.74. The predicted octanol–water partition coefficient (Wildman–Crippen LogP) is 2.60. The molecule has 2 heterocycles. The summed E-state index contributed by atoms with van der Waals surface area (Å²) in [5.41, 5.74) is 1.48. The number of halogens is 3. The van der Waals surface area contributed by atoms with Gasteiger partial charge in [0.05, 0.1) is 0 Å². The summed E-state index contributed by atoms with van der Waals surface area (Å²) in [5, 5.41) is 3.67. The lowest BCUT2D eigenvalue weighted by Gasteiger charge is -1.94. The van der Waals surface area contributed by atoms with E-state index in [0.29, 0.717) is 5.65 Å². The van der Waals surface area contributed by atoms with Crippen LogP contribution in [-0.4, -0.2) is 14.6 Å². The Kier molecular flexibility index (Phi) is 2.62. The van der Waals surface area contributed by atoms with Gasteiger partial charge in [-0.3, -0.25) is 0 Å². The Hall–Kier alpha value is -0.790. The Bertz CT molecular complexity index is 455. The molecule has 0 amide bonds. The first-order chi connectivity index (χ1) is 6.70. The van der Waals surface area contributed by atoms with E-state index < -0.39 is 12.2 Å². The fourth-order valence-electron chi connectivity index (χ4n) is 1.11. The van der Waals surface area contributed by atoms with Crippen LogP contribution in [0.4, 0.5) is 8.78 Å². The summed E-state index contributed by atoms with van der Waals surface area (Å²) in [6.45, 7) is 0. The summed E-state index contributed by atoms with van der Waals surface area (Å²) in [6, 6.07) is 3.54. The van der Waals surface area contributed by atoms with Gasteiger partial charge in [0.15, 0.2) is 5.65 Å². The smallest absolute Gasteiger partial charge is 0.220 e. The van der Waals surface area contributed by atoms with Gasteiger partial charge in [0, 0.05) is 10.6 Å². The molecule has 0 saturated carbocycles. The van der Waals surface area contributed by atoms with Gasteiger partial charge in [0.25, 0.3) is 6.43 Å². The maximum atomic E-state index is 12.2. The summed E-state index contributed by atoms with van der Waals surface area (Å²) in [6.07, 6.45) is -0.904. The summed E-state index contributed by atoms with van der Waals surface area (Å²) in [5.74, 6) is -0.421. The number of hydrogen-bond acceptors (Lipinski definition) is 2. The minimum atomic E-state index is -2.61. The maximum absolute atomic E-state index is 12.2. The summed E-state index contributed by atoms with van der Waals surface area (Å²) in [7, 11) is 0. The van der Waals surface area contributed by atoms with Crippen molar-refractivity contribution in [2.45, 2.75) is 10.9 Å². The molecular weight excluding hydrogens is 303 g/mol. The van der Waals surface area contributed by atoms with Gasteiger partial charge in [-0.15, -0.1) is 5.10 Å². The molecule has 3 nitrogen and oxygen atoms in total. The van der Waals surface area contributed by atoms with Crippen LogP contribution in [-0.2, 0) is 4.43 Å². The Balaban J connectivity index is 2.54. The van der Waals surface area contributed by atoms with Crippen LogP contribution in [0.2, 0.25) is 0 Å². The van der Waals surface area contributed by atoms with Crippen LogP contribution in [0.25, 0.3) is 5.65 Å². The number of hydrogen-bond donors (Lipinski definition) is 0. The zero-order chi connectivity index (χ0) is 10.1.